The molecule has 0 saturated carbocycles. The predicted molar refractivity (Wildman–Crippen MR) is 83.5 cm³/mol. The highest BCUT2D eigenvalue weighted by Crippen LogP contribution is 2.01. The Kier molecular flexibility index (Phi) is 5.95. The van der Waals surface area contributed by atoms with E-state index in [0.717, 1.165) is 5.56 Å². The van der Waals surface area contributed by atoms with E-state index in [1.807, 2.05) is 30.3 Å². The molecule has 2 aromatic rings. The van der Waals surface area contributed by atoms with E-state index in [0.29, 0.717) is 0 Å². The lowest BCUT2D eigenvalue weighted by Crippen LogP contribution is -2.51. The molecule has 3 amide bonds. The SMILES string of the molecule is C[C@@H](NC(=O)OCc1ccccc1)C(=O)NNC(=O)c1ccco1. The van der Waals surface area contributed by atoms with Crippen molar-refractivity contribution in [3.63, 3.8) is 0 Å². The van der Waals surface area contributed by atoms with Gasteiger partial charge >= 0.3 is 12.0 Å². The Hall–Kier alpha value is -3.29. The van der Waals surface area contributed by atoms with E-state index < -0.39 is 23.9 Å². The van der Waals surface area contributed by atoms with Crippen LogP contribution in [-0.2, 0) is 16.1 Å². The summed E-state index contributed by atoms with van der Waals surface area (Å²) in [5.74, 6) is -1.16. The van der Waals surface area contributed by atoms with Crippen molar-refractivity contribution in [3.8, 4) is 0 Å². The number of alkyl carbamates (subject to hydrolysis) is 1. The average Bonchev–Trinajstić information content (AvgIpc) is 3.13. The lowest BCUT2D eigenvalue weighted by molar-refractivity contribution is -0.123. The number of amides is 3. The molecule has 2 rings (SSSR count). The molecule has 1 aromatic carbocycles. The van der Waals surface area contributed by atoms with Crippen LogP contribution in [0.4, 0.5) is 4.79 Å². The van der Waals surface area contributed by atoms with E-state index in [-0.39, 0.29) is 12.4 Å². The second-order valence-corrected chi connectivity index (χ2v) is 4.85. The number of hydrogen-bond donors (Lipinski definition) is 3. The molecule has 0 aliphatic rings. The summed E-state index contributed by atoms with van der Waals surface area (Å²) >= 11 is 0. The van der Waals surface area contributed by atoms with Gasteiger partial charge in [0, 0.05) is 0 Å². The number of furan rings is 1. The van der Waals surface area contributed by atoms with Gasteiger partial charge in [-0.2, -0.15) is 0 Å². The largest absolute Gasteiger partial charge is 0.459 e. The van der Waals surface area contributed by atoms with Crippen molar-refractivity contribution in [3.05, 3.63) is 60.1 Å². The van der Waals surface area contributed by atoms with Gasteiger partial charge in [0.2, 0.25) is 0 Å². The molecule has 0 saturated heterocycles. The number of rotatable bonds is 5. The predicted octanol–water partition coefficient (Wildman–Crippen LogP) is 1.36. The minimum Gasteiger partial charge on any atom is -0.459 e. The van der Waals surface area contributed by atoms with Gasteiger partial charge in [0.15, 0.2) is 5.76 Å². The highest BCUT2D eigenvalue weighted by molar-refractivity contribution is 5.94. The van der Waals surface area contributed by atoms with Crippen molar-refractivity contribution in [1.29, 1.82) is 0 Å². The molecule has 126 valence electrons. The van der Waals surface area contributed by atoms with E-state index >= 15 is 0 Å². The van der Waals surface area contributed by atoms with Crippen molar-refractivity contribution in [2.45, 2.75) is 19.6 Å². The highest BCUT2D eigenvalue weighted by Gasteiger charge is 2.17. The summed E-state index contributed by atoms with van der Waals surface area (Å²) < 4.78 is 9.87. The first-order valence-electron chi connectivity index (χ1n) is 7.17. The third-order valence-corrected chi connectivity index (χ3v) is 2.98. The van der Waals surface area contributed by atoms with Crippen molar-refractivity contribution in [2.24, 2.45) is 0 Å². The fourth-order valence-electron chi connectivity index (χ4n) is 1.70. The zero-order valence-electron chi connectivity index (χ0n) is 12.9. The van der Waals surface area contributed by atoms with Crippen LogP contribution in [0.25, 0.3) is 0 Å². The zero-order valence-corrected chi connectivity index (χ0v) is 12.9. The van der Waals surface area contributed by atoms with Gasteiger partial charge < -0.3 is 14.5 Å². The molecule has 24 heavy (non-hydrogen) atoms. The number of hydrazine groups is 1. The van der Waals surface area contributed by atoms with Crippen LogP contribution in [0.3, 0.4) is 0 Å². The van der Waals surface area contributed by atoms with Gasteiger partial charge in [0.1, 0.15) is 12.6 Å². The van der Waals surface area contributed by atoms with Crippen LogP contribution in [-0.4, -0.2) is 23.9 Å². The summed E-state index contributed by atoms with van der Waals surface area (Å²) in [5.41, 5.74) is 5.18. The van der Waals surface area contributed by atoms with Gasteiger partial charge in [-0.3, -0.25) is 20.4 Å². The van der Waals surface area contributed by atoms with Gasteiger partial charge in [-0.05, 0) is 24.6 Å². The Morgan fingerprint density at radius 3 is 2.50 bits per heavy atom. The molecule has 1 atom stereocenters. The van der Waals surface area contributed by atoms with Crippen LogP contribution in [0.2, 0.25) is 0 Å². The quantitative estimate of drug-likeness (QED) is 0.717. The van der Waals surface area contributed by atoms with E-state index in [2.05, 4.69) is 16.2 Å². The number of ether oxygens (including phenoxy) is 1. The van der Waals surface area contributed by atoms with Gasteiger partial charge in [-0.1, -0.05) is 30.3 Å². The highest BCUT2D eigenvalue weighted by atomic mass is 16.5. The third-order valence-electron chi connectivity index (χ3n) is 2.98. The summed E-state index contributed by atoms with van der Waals surface area (Å²) in [4.78, 5) is 35.0. The molecule has 0 bridgehead atoms. The van der Waals surface area contributed by atoms with Crippen molar-refractivity contribution < 1.29 is 23.5 Å². The van der Waals surface area contributed by atoms with Gasteiger partial charge in [-0.15, -0.1) is 0 Å². The lowest BCUT2D eigenvalue weighted by atomic mass is 10.2. The molecule has 8 heteroatoms. The molecule has 0 unspecified atom stereocenters. The Morgan fingerprint density at radius 2 is 1.83 bits per heavy atom. The Morgan fingerprint density at radius 1 is 1.08 bits per heavy atom. The number of carbonyl (C=O) groups excluding carboxylic acids is 3. The second kappa shape index (κ2) is 8.37. The number of nitrogens with one attached hydrogen (secondary N) is 3. The Balaban J connectivity index is 1.70. The maximum Gasteiger partial charge on any atom is 0.408 e. The van der Waals surface area contributed by atoms with Crippen molar-refractivity contribution in [1.82, 2.24) is 16.2 Å². The molecule has 8 nitrogen and oxygen atoms in total. The third kappa shape index (κ3) is 5.16. The molecule has 1 aromatic heterocycles. The molecular weight excluding hydrogens is 314 g/mol. The van der Waals surface area contributed by atoms with E-state index in [9.17, 15) is 14.4 Å². The molecule has 1 heterocycles. The monoisotopic (exact) mass is 331 g/mol. The van der Waals surface area contributed by atoms with Crippen LogP contribution in [0.1, 0.15) is 23.0 Å². The summed E-state index contributed by atoms with van der Waals surface area (Å²) in [5, 5.41) is 2.36. The lowest BCUT2D eigenvalue weighted by Gasteiger charge is -2.14. The normalized spacial score (nSPS) is 11.2. The van der Waals surface area contributed by atoms with Crippen LogP contribution in [0.5, 0.6) is 0 Å². The zero-order chi connectivity index (χ0) is 17.4. The molecule has 0 spiro atoms. The second-order valence-electron chi connectivity index (χ2n) is 4.85. The topological polar surface area (TPSA) is 110 Å². The smallest absolute Gasteiger partial charge is 0.408 e. The van der Waals surface area contributed by atoms with Crippen molar-refractivity contribution >= 4 is 17.9 Å². The number of hydrogen-bond acceptors (Lipinski definition) is 5. The van der Waals surface area contributed by atoms with Crippen LogP contribution >= 0.6 is 0 Å². The van der Waals surface area contributed by atoms with Crippen molar-refractivity contribution in [2.75, 3.05) is 0 Å². The van der Waals surface area contributed by atoms with Gasteiger partial charge in [0.05, 0.1) is 6.26 Å². The van der Waals surface area contributed by atoms with Crippen LogP contribution in [0.15, 0.2) is 53.1 Å². The number of carbonyl (C=O) groups is 3. The standard InChI is InChI=1S/C16H17N3O5/c1-11(14(20)18-19-15(21)13-8-5-9-23-13)17-16(22)24-10-12-6-3-2-4-7-12/h2-9,11H,10H2,1H3,(H,17,22)(H,18,20)(H,19,21)/t11-/m1/s1. The minimum atomic E-state index is -0.898. The van der Waals surface area contributed by atoms with Gasteiger partial charge in [-0.25, -0.2) is 4.79 Å². The Bertz CT molecular complexity index is 685. The fraction of sp³-hybridized carbons (Fsp3) is 0.188. The Labute approximate surface area is 138 Å². The molecule has 0 aliphatic heterocycles. The molecule has 0 radical (unpaired) electrons. The number of benzene rings is 1. The molecular formula is C16H17N3O5. The molecule has 0 fully saturated rings. The van der Waals surface area contributed by atoms with Crippen LogP contribution in [0, 0.1) is 0 Å². The first kappa shape index (κ1) is 17.1. The summed E-state index contributed by atoms with van der Waals surface area (Å²) in [7, 11) is 0. The molecule has 0 aliphatic carbocycles. The summed E-state index contributed by atoms with van der Waals surface area (Å²) in [6, 6.07) is 11.2. The first-order valence-corrected chi connectivity index (χ1v) is 7.17. The maximum atomic E-state index is 11.8. The average molecular weight is 331 g/mol. The van der Waals surface area contributed by atoms with E-state index in [4.69, 9.17) is 9.15 Å². The van der Waals surface area contributed by atoms with Crippen LogP contribution < -0.4 is 16.2 Å². The summed E-state index contributed by atoms with van der Waals surface area (Å²) in [6.45, 7) is 1.55. The molecule has 3 N–H and O–H groups in total. The fourth-order valence-corrected chi connectivity index (χ4v) is 1.70. The maximum absolute atomic E-state index is 11.8. The minimum absolute atomic E-state index is 0.0539. The van der Waals surface area contributed by atoms with E-state index in [1.54, 1.807) is 6.07 Å². The first-order chi connectivity index (χ1) is 11.6. The van der Waals surface area contributed by atoms with E-state index in [1.165, 1.54) is 19.3 Å². The van der Waals surface area contributed by atoms with Gasteiger partial charge in [0.25, 0.3) is 5.91 Å². The summed E-state index contributed by atoms with van der Waals surface area (Å²) in [6.07, 6.45) is 0.600.